The summed E-state index contributed by atoms with van der Waals surface area (Å²) in [7, 11) is 0. The minimum absolute atomic E-state index is 0.0930. The Bertz CT molecular complexity index is 1850. The number of benzene rings is 3. The van der Waals surface area contributed by atoms with E-state index >= 15 is 0 Å². The van der Waals surface area contributed by atoms with Gasteiger partial charge >= 0.3 is 0 Å². The number of carbonyl (C=O) groups excluding carboxylic acids is 2. The topological polar surface area (TPSA) is 82.5 Å². The van der Waals surface area contributed by atoms with E-state index in [9.17, 15) is 9.59 Å². The fourth-order valence-electron chi connectivity index (χ4n) is 4.99. The quantitative estimate of drug-likeness (QED) is 0.192. The number of H-pyrrole nitrogens is 1. The molecule has 0 saturated carbocycles. The van der Waals surface area contributed by atoms with Gasteiger partial charge in [0, 0.05) is 45.6 Å². The molecule has 3 heterocycles. The molecule has 2 N–H and O–H groups in total. The van der Waals surface area contributed by atoms with Crippen molar-refractivity contribution in [3.63, 3.8) is 0 Å². The number of aryl methyl sites for hydroxylation is 1. The zero-order valence-electron chi connectivity index (χ0n) is 23.1. The molecule has 3 aromatic carbocycles. The molecular formula is C33H28ClN5O2S. The number of fused-ring (bicyclic) bond motifs is 1. The summed E-state index contributed by atoms with van der Waals surface area (Å²) in [6.45, 7) is 4.32. The van der Waals surface area contributed by atoms with Gasteiger partial charge in [-0.3, -0.25) is 24.6 Å². The Hall–Kier alpha value is -4.53. The van der Waals surface area contributed by atoms with Crippen LogP contribution in [0.5, 0.6) is 0 Å². The highest BCUT2D eigenvalue weighted by Crippen LogP contribution is 2.35. The number of aromatic amines is 1. The summed E-state index contributed by atoms with van der Waals surface area (Å²) in [4.78, 5) is 37.1. The molecule has 7 nitrogen and oxygen atoms in total. The minimum Gasteiger partial charge on any atom is -0.361 e. The van der Waals surface area contributed by atoms with Gasteiger partial charge in [0.25, 0.3) is 11.8 Å². The van der Waals surface area contributed by atoms with Crippen LogP contribution in [0.4, 0.5) is 5.69 Å². The zero-order chi connectivity index (χ0) is 29.2. The van der Waals surface area contributed by atoms with Crippen LogP contribution in [0.25, 0.3) is 17.0 Å². The molecule has 1 aliphatic rings. The summed E-state index contributed by atoms with van der Waals surface area (Å²) in [6.07, 6.45) is 4.57. The van der Waals surface area contributed by atoms with Gasteiger partial charge in [-0.2, -0.15) is 0 Å². The number of hydrogen-bond acceptors (Lipinski definition) is 4. The average Bonchev–Trinajstić information content (AvgIpc) is 3.62. The lowest BCUT2D eigenvalue weighted by atomic mass is 10.1. The molecule has 0 radical (unpaired) electrons. The van der Waals surface area contributed by atoms with Crippen LogP contribution in [0, 0.1) is 13.8 Å². The van der Waals surface area contributed by atoms with Crippen LogP contribution in [0.3, 0.4) is 0 Å². The average molecular weight is 594 g/mol. The molecule has 0 spiro atoms. The van der Waals surface area contributed by atoms with E-state index in [0.717, 1.165) is 39.1 Å². The first kappa shape index (κ1) is 27.6. The SMILES string of the molecule is Cc1cc(/C=C2\SC(=Nc3ccccc3)N(CCc3c[nH]c4ccccc34)C2=O)c(C)n1NC(=O)c1ccc(Cl)cc1. The fourth-order valence-corrected chi connectivity index (χ4v) is 6.13. The molecule has 6 rings (SSSR count). The first-order chi connectivity index (χ1) is 20.4. The van der Waals surface area contributed by atoms with Crippen molar-refractivity contribution in [1.82, 2.24) is 14.6 Å². The Morgan fingerprint density at radius 3 is 2.55 bits per heavy atom. The predicted molar refractivity (Wildman–Crippen MR) is 172 cm³/mol. The van der Waals surface area contributed by atoms with Crippen LogP contribution >= 0.6 is 23.4 Å². The Kier molecular flexibility index (Phi) is 7.73. The van der Waals surface area contributed by atoms with Crippen molar-refractivity contribution >= 4 is 63.0 Å². The van der Waals surface area contributed by atoms with E-state index in [1.807, 2.05) is 80.7 Å². The van der Waals surface area contributed by atoms with Crippen molar-refractivity contribution in [2.75, 3.05) is 12.0 Å². The van der Waals surface area contributed by atoms with E-state index in [-0.39, 0.29) is 11.8 Å². The molecule has 0 aliphatic carbocycles. The maximum Gasteiger partial charge on any atom is 0.270 e. The smallest absolute Gasteiger partial charge is 0.270 e. The number of carbonyl (C=O) groups is 2. The molecule has 9 heteroatoms. The molecule has 2 aromatic heterocycles. The number of aliphatic imine (C=N–C) groups is 1. The van der Waals surface area contributed by atoms with Gasteiger partial charge in [-0.25, -0.2) is 4.99 Å². The second kappa shape index (κ2) is 11.8. The molecule has 1 saturated heterocycles. The molecule has 210 valence electrons. The lowest BCUT2D eigenvalue weighted by Gasteiger charge is -2.15. The van der Waals surface area contributed by atoms with Crippen molar-refractivity contribution < 1.29 is 9.59 Å². The molecule has 1 fully saturated rings. The molecule has 2 amide bonds. The third-order valence-corrected chi connectivity index (χ3v) is 8.48. The summed E-state index contributed by atoms with van der Waals surface area (Å²) in [5.74, 6) is -0.343. The summed E-state index contributed by atoms with van der Waals surface area (Å²) < 4.78 is 1.74. The number of amidine groups is 1. The lowest BCUT2D eigenvalue weighted by Crippen LogP contribution is -2.31. The largest absolute Gasteiger partial charge is 0.361 e. The normalized spacial score (nSPS) is 15.3. The van der Waals surface area contributed by atoms with E-state index in [1.165, 1.54) is 11.8 Å². The van der Waals surface area contributed by atoms with Gasteiger partial charge in [0.05, 0.1) is 10.6 Å². The number of nitrogens with zero attached hydrogens (tertiary/aromatic N) is 3. The number of nitrogens with one attached hydrogen (secondary N) is 2. The van der Waals surface area contributed by atoms with Crippen molar-refractivity contribution in [2.45, 2.75) is 20.3 Å². The molecule has 5 aromatic rings. The summed E-state index contributed by atoms with van der Waals surface area (Å²) in [5, 5.41) is 2.36. The maximum atomic E-state index is 13.8. The molecule has 1 aliphatic heterocycles. The highest BCUT2D eigenvalue weighted by Gasteiger charge is 2.33. The summed E-state index contributed by atoms with van der Waals surface area (Å²) >= 11 is 7.34. The van der Waals surface area contributed by atoms with Gasteiger partial charge in [0.2, 0.25) is 0 Å². The van der Waals surface area contributed by atoms with Gasteiger partial charge in [-0.15, -0.1) is 0 Å². The minimum atomic E-state index is -0.250. The van der Waals surface area contributed by atoms with Gasteiger partial charge in [-0.05, 0) is 97.8 Å². The number of amides is 2. The third kappa shape index (κ3) is 5.64. The predicted octanol–water partition coefficient (Wildman–Crippen LogP) is 7.47. The van der Waals surface area contributed by atoms with E-state index in [0.29, 0.717) is 33.6 Å². The first-order valence-electron chi connectivity index (χ1n) is 13.5. The van der Waals surface area contributed by atoms with Crippen molar-refractivity contribution in [3.8, 4) is 0 Å². The van der Waals surface area contributed by atoms with E-state index in [4.69, 9.17) is 16.6 Å². The van der Waals surface area contributed by atoms with Gasteiger partial charge in [0.1, 0.15) is 0 Å². The standard InChI is InChI=1S/C33H28ClN5O2S/c1-21-18-25(22(2)39(21)37-31(40)23-12-14-26(34)15-13-23)19-30-32(41)38(33(42-30)36-27-8-4-3-5-9-27)17-16-24-20-35-29-11-7-6-10-28(24)29/h3-15,18-20,35H,16-17H2,1-2H3,(H,37,40)/b30-19-,36-33?. The Morgan fingerprint density at radius 2 is 1.76 bits per heavy atom. The highest BCUT2D eigenvalue weighted by atomic mass is 35.5. The monoisotopic (exact) mass is 593 g/mol. The van der Waals surface area contributed by atoms with Crippen LogP contribution in [0.2, 0.25) is 5.02 Å². The van der Waals surface area contributed by atoms with Crippen LogP contribution in [-0.4, -0.2) is 38.1 Å². The van der Waals surface area contributed by atoms with E-state index in [1.54, 1.807) is 33.8 Å². The number of rotatable bonds is 7. The van der Waals surface area contributed by atoms with Crippen LogP contribution < -0.4 is 5.43 Å². The second-order valence-corrected chi connectivity index (χ2v) is 11.5. The van der Waals surface area contributed by atoms with Crippen LogP contribution in [-0.2, 0) is 11.2 Å². The first-order valence-corrected chi connectivity index (χ1v) is 14.7. The number of halogens is 1. The molecule has 0 atom stereocenters. The van der Waals surface area contributed by atoms with E-state index in [2.05, 4.69) is 16.5 Å². The van der Waals surface area contributed by atoms with E-state index < -0.39 is 0 Å². The number of aromatic nitrogens is 2. The van der Waals surface area contributed by atoms with Gasteiger partial charge in [0.15, 0.2) is 5.17 Å². The van der Waals surface area contributed by atoms with Crippen molar-refractivity contribution in [1.29, 1.82) is 0 Å². The molecule has 0 bridgehead atoms. The van der Waals surface area contributed by atoms with Gasteiger partial charge < -0.3 is 4.98 Å². The number of thioether (sulfide) groups is 1. The summed E-state index contributed by atoms with van der Waals surface area (Å²) in [5.41, 5.74) is 8.96. The zero-order valence-corrected chi connectivity index (χ0v) is 24.7. The highest BCUT2D eigenvalue weighted by molar-refractivity contribution is 8.18. The van der Waals surface area contributed by atoms with Crippen LogP contribution in [0.15, 0.2) is 101 Å². The summed E-state index contributed by atoms with van der Waals surface area (Å²) in [6, 6.07) is 26.5. The number of hydrogen-bond donors (Lipinski definition) is 2. The molecular weight excluding hydrogens is 566 g/mol. The molecule has 0 unspecified atom stereocenters. The lowest BCUT2D eigenvalue weighted by molar-refractivity contribution is -0.122. The molecule has 42 heavy (non-hydrogen) atoms. The van der Waals surface area contributed by atoms with Gasteiger partial charge in [-0.1, -0.05) is 48.0 Å². The Labute approximate surface area is 252 Å². The fraction of sp³-hybridized carbons (Fsp3) is 0.121. The van der Waals surface area contributed by atoms with Crippen molar-refractivity contribution in [2.24, 2.45) is 4.99 Å². The van der Waals surface area contributed by atoms with Crippen LogP contribution in [0.1, 0.15) is 32.9 Å². The maximum absolute atomic E-state index is 13.8. The van der Waals surface area contributed by atoms with Crippen molar-refractivity contribution in [3.05, 3.63) is 129 Å². The second-order valence-electron chi connectivity index (χ2n) is 10.0. The third-order valence-electron chi connectivity index (χ3n) is 7.23. The number of para-hydroxylation sites is 2. The Morgan fingerprint density at radius 1 is 1.02 bits per heavy atom. The Balaban J connectivity index is 1.28.